The molecule has 1 aromatic carbocycles. The lowest BCUT2D eigenvalue weighted by atomic mass is 10.1. The Morgan fingerprint density at radius 2 is 2.11 bits per heavy atom. The standard InChI is InChI=1S/C19H25N5O3/c1-13(22-19(26)12-23-9-8-20-18(25)11-23)17-10-21-24(14(17)2)15-4-6-16(27-3)7-5-15/h4-7,10,13H,8-9,11-12H2,1-3H3,(H,20,25)(H,22,26)/t13-/m0/s1. The van der Waals surface area contributed by atoms with E-state index in [9.17, 15) is 9.59 Å². The molecule has 1 aromatic heterocycles. The second-order valence-corrected chi connectivity index (χ2v) is 6.64. The van der Waals surface area contributed by atoms with Crippen LogP contribution in [0.1, 0.15) is 24.2 Å². The smallest absolute Gasteiger partial charge is 0.234 e. The first kappa shape index (κ1) is 18.9. The van der Waals surface area contributed by atoms with Gasteiger partial charge in [0.25, 0.3) is 0 Å². The summed E-state index contributed by atoms with van der Waals surface area (Å²) >= 11 is 0. The minimum Gasteiger partial charge on any atom is -0.497 e. The third-order valence-electron chi connectivity index (χ3n) is 4.69. The molecular formula is C19H25N5O3. The van der Waals surface area contributed by atoms with E-state index in [0.29, 0.717) is 13.1 Å². The van der Waals surface area contributed by atoms with E-state index in [-0.39, 0.29) is 30.9 Å². The molecule has 0 saturated carbocycles. The van der Waals surface area contributed by atoms with Gasteiger partial charge in [0.2, 0.25) is 11.8 Å². The minimum atomic E-state index is -0.178. The van der Waals surface area contributed by atoms with Crippen LogP contribution in [0.3, 0.4) is 0 Å². The average molecular weight is 371 g/mol. The molecule has 0 spiro atoms. The van der Waals surface area contributed by atoms with Crippen LogP contribution in [0.25, 0.3) is 5.69 Å². The summed E-state index contributed by atoms with van der Waals surface area (Å²) in [5.74, 6) is 0.642. The van der Waals surface area contributed by atoms with Crippen LogP contribution in [-0.4, -0.2) is 59.8 Å². The summed E-state index contributed by atoms with van der Waals surface area (Å²) in [6, 6.07) is 7.47. The van der Waals surface area contributed by atoms with E-state index in [2.05, 4.69) is 15.7 Å². The number of hydrogen-bond acceptors (Lipinski definition) is 5. The highest BCUT2D eigenvalue weighted by Crippen LogP contribution is 2.21. The monoisotopic (exact) mass is 371 g/mol. The molecular weight excluding hydrogens is 346 g/mol. The zero-order chi connectivity index (χ0) is 19.4. The molecule has 0 bridgehead atoms. The van der Waals surface area contributed by atoms with Crippen molar-refractivity contribution in [2.45, 2.75) is 19.9 Å². The third-order valence-corrected chi connectivity index (χ3v) is 4.69. The molecule has 1 fully saturated rings. The number of piperazine rings is 1. The van der Waals surface area contributed by atoms with Gasteiger partial charge in [-0.2, -0.15) is 5.10 Å². The summed E-state index contributed by atoms with van der Waals surface area (Å²) in [4.78, 5) is 25.6. The molecule has 27 heavy (non-hydrogen) atoms. The first-order valence-corrected chi connectivity index (χ1v) is 8.95. The van der Waals surface area contributed by atoms with Crippen LogP contribution in [0.4, 0.5) is 0 Å². The van der Waals surface area contributed by atoms with E-state index in [0.717, 1.165) is 22.7 Å². The first-order valence-electron chi connectivity index (χ1n) is 8.95. The minimum absolute atomic E-state index is 0.0429. The molecule has 1 atom stereocenters. The number of benzene rings is 1. The summed E-state index contributed by atoms with van der Waals surface area (Å²) in [5.41, 5.74) is 2.85. The molecule has 144 valence electrons. The molecule has 2 N–H and O–H groups in total. The van der Waals surface area contributed by atoms with Gasteiger partial charge < -0.3 is 15.4 Å². The largest absolute Gasteiger partial charge is 0.497 e. The van der Waals surface area contributed by atoms with Crippen molar-refractivity contribution < 1.29 is 14.3 Å². The molecule has 1 aliphatic rings. The zero-order valence-electron chi connectivity index (χ0n) is 15.9. The molecule has 3 rings (SSSR count). The van der Waals surface area contributed by atoms with Crippen molar-refractivity contribution in [2.24, 2.45) is 0 Å². The van der Waals surface area contributed by atoms with Gasteiger partial charge in [-0.15, -0.1) is 0 Å². The van der Waals surface area contributed by atoms with Crippen LogP contribution >= 0.6 is 0 Å². The highest BCUT2D eigenvalue weighted by molar-refractivity contribution is 5.82. The molecule has 1 aliphatic heterocycles. The molecule has 2 heterocycles. The van der Waals surface area contributed by atoms with Crippen LogP contribution in [0.5, 0.6) is 5.75 Å². The number of amides is 2. The van der Waals surface area contributed by atoms with Crippen molar-refractivity contribution in [2.75, 3.05) is 33.3 Å². The van der Waals surface area contributed by atoms with E-state index < -0.39 is 0 Å². The van der Waals surface area contributed by atoms with E-state index >= 15 is 0 Å². The van der Waals surface area contributed by atoms with Crippen molar-refractivity contribution in [3.8, 4) is 11.4 Å². The number of carbonyl (C=O) groups excluding carboxylic acids is 2. The van der Waals surface area contributed by atoms with Gasteiger partial charge in [0.05, 0.1) is 38.1 Å². The summed E-state index contributed by atoms with van der Waals surface area (Å²) in [6.45, 7) is 5.64. The third kappa shape index (κ3) is 4.46. The normalized spacial score (nSPS) is 15.9. The molecule has 8 heteroatoms. The Kier molecular flexibility index (Phi) is 5.75. The topological polar surface area (TPSA) is 88.5 Å². The number of nitrogens with one attached hydrogen (secondary N) is 2. The number of rotatable bonds is 6. The lowest BCUT2D eigenvalue weighted by molar-refractivity contribution is -0.127. The lowest BCUT2D eigenvalue weighted by Gasteiger charge is -2.26. The average Bonchev–Trinajstić information content (AvgIpc) is 3.03. The molecule has 8 nitrogen and oxygen atoms in total. The van der Waals surface area contributed by atoms with E-state index in [1.165, 1.54) is 0 Å². The predicted molar refractivity (Wildman–Crippen MR) is 101 cm³/mol. The number of methoxy groups -OCH3 is 1. The zero-order valence-corrected chi connectivity index (χ0v) is 15.9. The van der Waals surface area contributed by atoms with E-state index in [4.69, 9.17) is 4.74 Å². The Balaban J connectivity index is 1.64. The maximum atomic E-state index is 12.3. The Bertz CT molecular complexity index is 815. The Morgan fingerprint density at radius 3 is 2.78 bits per heavy atom. The fraction of sp³-hybridized carbons (Fsp3) is 0.421. The van der Waals surface area contributed by atoms with E-state index in [1.807, 2.05) is 47.7 Å². The van der Waals surface area contributed by atoms with Gasteiger partial charge in [0.1, 0.15) is 5.75 Å². The Morgan fingerprint density at radius 1 is 1.37 bits per heavy atom. The van der Waals surface area contributed by atoms with Crippen molar-refractivity contribution in [3.05, 3.63) is 41.7 Å². The predicted octanol–water partition coefficient (Wildman–Crippen LogP) is 0.798. The van der Waals surface area contributed by atoms with Crippen molar-refractivity contribution in [1.82, 2.24) is 25.3 Å². The quantitative estimate of drug-likeness (QED) is 0.784. The van der Waals surface area contributed by atoms with Gasteiger partial charge in [-0.3, -0.25) is 14.5 Å². The molecule has 1 saturated heterocycles. The molecule has 2 aromatic rings. The van der Waals surface area contributed by atoms with Crippen molar-refractivity contribution in [1.29, 1.82) is 0 Å². The Hall–Kier alpha value is -2.87. The molecule has 0 unspecified atom stereocenters. The van der Waals surface area contributed by atoms with Gasteiger partial charge in [-0.05, 0) is 38.1 Å². The van der Waals surface area contributed by atoms with Gasteiger partial charge >= 0.3 is 0 Å². The van der Waals surface area contributed by atoms with Crippen LogP contribution in [0, 0.1) is 6.92 Å². The Labute approximate surface area is 158 Å². The SMILES string of the molecule is COc1ccc(-n2ncc([C@H](C)NC(=O)CN3CCNC(=O)C3)c2C)cc1. The number of ether oxygens (including phenoxy) is 1. The van der Waals surface area contributed by atoms with Gasteiger partial charge in [0, 0.05) is 24.3 Å². The number of nitrogens with zero attached hydrogens (tertiary/aromatic N) is 3. The molecule has 2 amide bonds. The van der Waals surface area contributed by atoms with Gasteiger partial charge in [-0.25, -0.2) is 4.68 Å². The van der Waals surface area contributed by atoms with Crippen LogP contribution in [0.2, 0.25) is 0 Å². The number of carbonyl (C=O) groups is 2. The van der Waals surface area contributed by atoms with Crippen LogP contribution < -0.4 is 15.4 Å². The van der Waals surface area contributed by atoms with Crippen LogP contribution in [-0.2, 0) is 9.59 Å². The number of hydrogen-bond donors (Lipinski definition) is 2. The number of aromatic nitrogens is 2. The summed E-state index contributed by atoms with van der Waals surface area (Å²) in [6.07, 6.45) is 1.78. The van der Waals surface area contributed by atoms with Crippen molar-refractivity contribution in [3.63, 3.8) is 0 Å². The lowest BCUT2D eigenvalue weighted by Crippen LogP contribution is -2.50. The summed E-state index contributed by atoms with van der Waals surface area (Å²) in [5, 5.41) is 10.2. The van der Waals surface area contributed by atoms with Crippen LogP contribution in [0.15, 0.2) is 30.5 Å². The van der Waals surface area contributed by atoms with Crippen molar-refractivity contribution >= 4 is 11.8 Å². The van der Waals surface area contributed by atoms with Gasteiger partial charge in [-0.1, -0.05) is 0 Å². The highest BCUT2D eigenvalue weighted by Gasteiger charge is 2.21. The molecule has 0 radical (unpaired) electrons. The second kappa shape index (κ2) is 8.22. The highest BCUT2D eigenvalue weighted by atomic mass is 16.5. The van der Waals surface area contributed by atoms with Gasteiger partial charge in [0.15, 0.2) is 0 Å². The first-order chi connectivity index (χ1) is 13.0. The fourth-order valence-electron chi connectivity index (χ4n) is 3.23. The maximum Gasteiger partial charge on any atom is 0.234 e. The summed E-state index contributed by atoms with van der Waals surface area (Å²) < 4.78 is 7.03. The van der Waals surface area contributed by atoms with E-state index in [1.54, 1.807) is 13.3 Å². The summed E-state index contributed by atoms with van der Waals surface area (Å²) in [7, 11) is 1.63. The molecule has 0 aliphatic carbocycles. The fourth-order valence-corrected chi connectivity index (χ4v) is 3.23. The second-order valence-electron chi connectivity index (χ2n) is 6.64. The maximum absolute atomic E-state index is 12.3.